The van der Waals surface area contributed by atoms with Crippen LogP contribution in [0.5, 0.6) is 5.75 Å². The summed E-state index contributed by atoms with van der Waals surface area (Å²) in [4.78, 5) is 12.2. The largest absolute Gasteiger partial charge is 0.481 e. The topological polar surface area (TPSA) is 58.6 Å². The van der Waals surface area contributed by atoms with E-state index < -0.39 is 12.2 Å². The zero-order valence-electron chi connectivity index (χ0n) is 12.4. The predicted octanol–water partition coefficient (Wildman–Crippen LogP) is 3.80. The summed E-state index contributed by atoms with van der Waals surface area (Å²) in [5.41, 5.74) is 1.35. The highest BCUT2D eigenvalue weighted by Gasteiger charge is 2.15. The first kappa shape index (κ1) is 16.3. The van der Waals surface area contributed by atoms with Crippen molar-refractivity contribution in [1.82, 2.24) is 0 Å². The second-order valence-electron chi connectivity index (χ2n) is 5.01. The van der Waals surface area contributed by atoms with E-state index in [0.717, 1.165) is 5.56 Å². The van der Waals surface area contributed by atoms with Crippen LogP contribution in [0.3, 0.4) is 0 Å². The lowest BCUT2D eigenvalue weighted by Gasteiger charge is -2.15. The molecule has 0 spiro atoms. The molecule has 2 N–H and O–H groups in total. The van der Waals surface area contributed by atoms with E-state index in [2.05, 4.69) is 5.32 Å². The van der Waals surface area contributed by atoms with Crippen LogP contribution in [0.2, 0.25) is 5.02 Å². The molecule has 0 aliphatic rings. The minimum atomic E-state index is -0.673. The van der Waals surface area contributed by atoms with Crippen LogP contribution in [0.1, 0.15) is 25.5 Å². The van der Waals surface area contributed by atoms with Crippen molar-refractivity contribution in [1.29, 1.82) is 0 Å². The Kier molecular flexibility index (Phi) is 5.41. The number of amides is 1. The number of aliphatic hydroxyl groups is 1. The molecule has 0 bridgehead atoms. The van der Waals surface area contributed by atoms with E-state index in [1.165, 1.54) is 0 Å². The molecule has 0 saturated carbocycles. The lowest BCUT2D eigenvalue weighted by Crippen LogP contribution is -2.30. The maximum atomic E-state index is 12.2. The van der Waals surface area contributed by atoms with Crippen LogP contribution in [-0.4, -0.2) is 17.1 Å². The van der Waals surface area contributed by atoms with Crippen molar-refractivity contribution in [2.75, 3.05) is 5.32 Å². The summed E-state index contributed by atoms with van der Waals surface area (Å²) >= 11 is 5.88. The molecule has 4 nitrogen and oxygen atoms in total. The van der Waals surface area contributed by atoms with Gasteiger partial charge in [0, 0.05) is 10.7 Å². The molecule has 0 unspecified atom stereocenters. The van der Waals surface area contributed by atoms with Gasteiger partial charge in [0.05, 0.1) is 6.10 Å². The van der Waals surface area contributed by atoms with Gasteiger partial charge in [0.1, 0.15) is 5.75 Å². The van der Waals surface area contributed by atoms with E-state index in [1.54, 1.807) is 62.4 Å². The first-order valence-corrected chi connectivity index (χ1v) is 7.34. The third-order valence-electron chi connectivity index (χ3n) is 3.11. The van der Waals surface area contributed by atoms with Crippen molar-refractivity contribution < 1.29 is 14.6 Å². The van der Waals surface area contributed by atoms with Crippen LogP contribution in [-0.2, 0) is 4.79 Å². The molecule has 2 atom stereocenters. The number of halogens is 1. The molecule has 5 heteroatoms. The Morgan fingerprint density at radius 1 is 1.18 bits per heavy atom. The zero-order chi connectivity index (χ0) is 16.1. The van der Waals surface area contributed by atoms with Gasteiger partial charge in [-0.05, 0) is 49.7 Å². The Morgan fingerprint density at radius 2 is 1.91 bits per heavy atom. The summed E-state index contributed by atoms with van der Waals surface area (Å²) < 4.78 is 5.56. The highest BCUT2D eigenvalue weighted by Crippen LogP contribution is 2.20. The van der Waals surface area contributed by atoms with Crippen LogP contribution in [0.25, 0.3) is 0 Å². The first-order chi connectivity index (χ1) is 10.5. The molecule has 0 aliphatic carbocycles. The number of anilines is 1. The Labute approximate surface area is 134 Å². The fourth-order valence-corrected chi connectivity index (χ4v) is 2.10. The maximum Gasteiger partial charge on any atom is 0.265 e. The number of carbonyl (C=O) groups excluding carboxylic acids is 1. The summed E-state index contributed by atoms with van der Waals surface area (Å²) in [5.74, 6) is 0.260. The van der Waals surface area contributed by atoms with Crippen molar-refractivity contribution in [3.63, 3.8) is 0 Å². The summed E-state index contributed by atoms with van der Waals surface area (Å²) in [6, 6.07) is 14.0. The quantitative estimate of drug-likeness (QED) is 0.881. The van der Waals surface area contributed by atoms with Gasteiger partial charge >= 0.3 is 0 Å². The van der Waals surface area contributed by atoms with Crippen LogP contribution < -0.4 is 10.1 Å². The van der Waals surface area contributed by atoms with E-state index in [4.69, 9.17) is 16.3 Å². The van der Waals surface area contributed by atoms with Gasteiger partial charge in [-0.15, -0.1) is 0 Å². The summed E-state index contributed by atoms with van der Waals surface area (Å²) in [7, 11) is 0. The smallest absolute Gasteiger partial charge is 0.265 e. The molecule has 0 fully saturated rings. The van der Waals surface area contributed by atoms with Crippen LogP contribution >= 0.6 is 11.6 Å². The Morgan fingerprint density at radius 3 is 2.59 bits per heavy atom. The van der Waals surface area contributed by atoms with Crippen LogP contribution in [0, 0.1) is 0 Å². The number of ether oxygens (including phenoxy) is 1. The Bertz CT molecular complexity index is 658. The maximum absolute atomic E-state index is 12.2. The Hall–Kier alpha value is -2.04. The standard InChI is InChI=1S/C17H18ClNO3/c1-11(20)13-5-3-7-15(9-13)19-17(21)12(2)22-16-8-4-6-14(18)10-16/h3-12,20H,1-2H3,(H,19,21)/t11-,12+/m0/s1. The average molecular weight is 320 g/mol. The van der Waals surface area contributed by atoms with E-state index >= 15 is 0 Å². The average Bonchev–Trinajstić information content (AvgIpc) is 2.47. The molecule has 1 amide bonds. The van der Waals surface area contributed by atoms with Crippen molar-refractivity contribution in [3.05, 3.63) is 59.1 Å². The number of rotatable bonds is 5. The highest BCUT2D eigenvalue weighted by atomic mass is 35.5. The Balaban J connectivity index is 2.01. The van der Waals surface area contributed by atoms with E-state index in [1.807, 2.05) is 0 Å². The molecule has 0 aliphatic heterocycles. The molecule has 0 radical (unpaired) electrons. The molecule has 0 heterocycles. The predicted molar refractivity (Wildman–Crippen MR) is 87.2 cm³/mol. The summed E-state index contributed by atoms with van der Waals surface area (Å²) in [6.45, 7) is 3.33. The van der Waals surface area contributed by atoms with E-state index in [-0.39, 0.29) is 5.91 Å². The van der Waals surface area contributed by atoms with Crippen molar-refractivity contribution in [2.45, 2.75) is 26.1 Å². The van der Waals surface area contributed by atoms with E-state index in [9.17, 15) is 9.90 Å². The van der Waals surface area contributed by atoms with Gasteiger partial charge in [0.25, 0.3) is 5.91 Å². The van der Waals surface area contributed by atoms with Crippen molar-refractivity contribution >= 4 is 23.2 Å². The molecule has 2 aromatic rings. The molecular weight excluding hydrogens is 302 g/mol. The van der Waals surface area contributed by atoms with Crippen LogP contribution in [0.15, 0.2) is 48.5 Å². The number of benzene rings is 2. The number of hydrogen-bond acceptors (Lipinski definition) is 3. The lowest BCUT2D eigenvalue weighted by atomic mass is 10.1. The summed E-state index contributed by atoms with van der Waals surface area (Å²) in [5, 5.41) is 12.9. The minimum Gasteiger partial charge on any atom is -0.481 e. The van der Waals surface area contributed by atoms with Gasteiger partial charge in [-0.2, -0.15) is 0 Å². The van der Waals surface area contributed by atoms with Gasteiger partial charge in [-0.1, -0.05) is 29.8 Å². The van der Waals surface area contributed by atoms with Crippen LogP contribution in [0.4, 0.5) is 5.69 Å². The highest BCUT2D eigenvalue weighted by molar-refractivity contribution is 6.30. The fraction of sp³-hybridized carbons (Fsp3) is 0.235. The molecule has 22 heavy (non-hydrogen) atoms. The normalized spacial score (nSPS) is 13.3. The van der Waals surface area contributed by atoms with Gasteiger partial charge in [0.2, 0.25) is 0 Å². The van der Waals surface area contributed by atoms with Gasteiger partial charge in [-0.25, -0.2) is 0 Å². The molecule has 2 aromatic carbocycles. The zero-order valence-corrected chi connectivity index (χ0v) is 13.2. The second-order valence-corrected chi connectivity index (χ2v) is 5.44. The van der Waals surface area contributed by atoms with Crippen molar-refractivity contribution in [3.8, 4) is 5.75 Å². The number of nitrogens with one attached hydrogen (secondary N) is 1. The fourth-order valence-electron chi connectivity index (χ4n) is 1.92. The second kappa shape index (κ2) is 7.29. The molecular formula is C17H18ClNO3. The third kappa shape index (κ3) is 4.48. The SMILES string of the molecule is C[C@H](O)c1cccc(NC(=O)[C@@H](C)Oc2cccc(Cl)c2)c1. The van der Waals surface area contributed by atoms with Crippen molar-refractivity contribution in [2.24, 2.45) is 0 Å². The monoisotopic (exact) mass is 319 g/mol. The molecule has 0 saturated heterocycles. The van der Waals surface area contributed by atoms with Gasteiger partial charge < -0.3 is 15.2 Å². The molecule has 2 rings (SSSR count). The third-order valence-corrected chi connectivity index (χ3v) is 3.35. The van der Waals surface area contributed by atoms with E-state index in [0.29, 0.717) is 16.5 Å². The number of carbonyl (C=O) groups is 1. The minimum absolute atomic E-state index is 0.275. The summed E-state index contributed by atoms with van der Waals surface area (Å²) in [6.07, 6.45) is -1.26. The number of hydrogen-bond donors (Lipinski definition) is 2. The number of aliphatic hydroxyl groups excluding tert-OH is 1. The first-order valence-electron chi connectivity index (χ1n) is 6.97. The molecule has 0 aromatic heterocycles. The molecule has 116 valence electrons. The van der Waals surface area contributed by atoms with Gasteiger partial charge in [-0.3, -0.25) is 4.79 Å². The lowest BCUT2D eigenvalue weighted by molar-refractivity contribution is -0.122. The van der Waals surface area contributed by atoms with Gasteiger partial charge in [0.15, 0.2) is 6.10 Å².